The van der Waals surface area contributed by atoms with Gasteiger partial charge in [0.15, 0.2) is 5.13 Å². The summed E-state index contributed by atoms with van der Waals surface area (Å²) in [5.74, 6) is -0.505. The molecule has 2 aromatic heterocycles. The molecule has 0 aliphatic rings. The van der Waals surface area contributed by atoms with Gasteiger partial charge in [0.25, 0.3) is 5.91 Å². The van der Waals surface area contributed by atoms with Crippen molar-refractivity contribution in [1.29, 1.82) is 0 Å². The van der Waals surface area contributed by atoms with E-state index in [0.29, 0.717) is 5.13 Å². The topological polar surface area (TPSA) is 54.9 Å². The van der Waals surface area contributed by atoms with Crippen LogP contribution in [0.1, 0.15) is 20.9 Å². The van der Waals surface area contributed by atoms with Crippen LogP contribution in [0.4, 0.5) is 18.3 Å². The first-order chi connectivity index (χ1) is 12.3. The Bertz CT molecular complexity index is 1130. The molecule has 2 heterocycles. The number of carbonyl (C=O) groups is 1. The number of alkyl halides is 3. The monoisotopic (exact) mass is 393 g/mol. The van der Waals surface area contributed by atoms with Gasteiger partial charge in [-0.15, -0.1) is 11.3 Å². The number of hydrogen-bond acceptors (Lipinski definition) is 5. The summed E-state index contributed by atoms with van der Waals surface area (Å²) in [6, 6.07) is 7.78. The first-order valence-electron chi connectivity index (χ1n) is 7.46. The number of rotatable bonds is 2. The first-order valence-corrected chi connectivity index (χ1v) is 9.10. The number of nitrogens with zero attached hydrogens (tertiary/aromatic N) is 2. The van der Waals surface area contributed by atoms with Gasteiger partial charge >= 0.3 is 6.18 Å². The molecule has 26 heavy (non-hydrogen) atoms. The number of hydrogen-bond donors (Lipinski definition) is 1. The van der Waals surface area contributed by atoms with Crippen molar-refractivity contribution in [2.45, 2.75) is 13.1 Å². The minimum atomic E-state index is -4.43. The van der Waals surface area contributed by atoms with Crippen LogP contribution in [0.3, 0.4) is 0 Å². The van der Waals surface area contributed by atoms with Crippen LogP contribution in [0.15, 0.2) is 36.4 Å². The van der Waals surface area contributed by atoms with Crippen molar-refractivity contribution < 1.29 is 18.0 Å². The highest BCUT2D eigenvalue weighted by molar-refractivity contribution is 7.28. The second-order valence-electron chi connectivity index (χ2n) is 5.54. The SMILES string of the molecule is Cc1nc2ccc3nc(NC(=O)c4ccc(C(F)(F)F)cc4)sc3c2s1. The maximum atomic E-state index is 12.6. The van der Waals surface area contributed by atoms with E-state index in [1.807, 2.05) is 19.1 Å². The van der Waals surface area contributed by atoms with Crippen molar-refractivity contribution in [3.8, 4) is 0 Å². The number of halogens is 3. The zero-order valence-electron chi connectivity index (χ0n) is 13.2. The third kappa shape index (κ3) is 3.04. The fraction of sp³-hybridized carbons (Fsp3) is 0.118. The predicted molar refractivity (Wildman–Crippen MR) is 96.9 cm³/mol. The zero-order chi connectivity index (χ0) is 18.5. The van der Waals surface area contributed by atoms with Crippen molar-refractivity contribution in [3.63, 3.8) is 0 Å². The van der Waals surface area contributed by atoms with Crippen LogP contribution in [0.2, 0.25) is 0 Å². The number of aryl methyl sites for hydroxylation is 1. The Morgan fingerprint density at radius 3 is 2.23 bits per heavy atom. The first kappa shape index (κ1) is 16.9. The average Bonchev–Trinajstić information content (AvgIpc) is 3.15. The molecule has 0 fully saturated rings. The van der Waals surface area contributed by atoms with E-state index in [-0.39, 0.29) is 5.56 Å². The lowest BCUT2D eigenvalue weighted by molar-refractivity contribution is -0.137. The summed E-state index contributed by atoms with van der Waals surface area (Å²) in [6.07, 6.45) is -4.43. The molecule has 132 valence electrons. The highest BCUT2D eigenvalue weighted by atomic mass is 32.1. The molecule has 0 bridgehead atoms. The summed E-state index contributed by atoms with van der Waals surface area (Å²) < 4.78 is 39.7. The minimum Gasteiger partial charge on any atom is -0.298 e. The van der Waals surface area contributed by atoms with E-state index in [1.165, 1.54) is 11.3 Å². The Balaban J connectivity index is 1.62. The number of benzene rings is 2. The van der Waals surface area contributed by atoms with Crippen LogP contribution in [-0.2, 0) is 6.18 Å². The number of aromatic nitrogens is 2. The van der Waals surface area contributed by atoms with Crippen LogP contribution >= 0.6 is 22.7 Å². The van der Waals surface area contributed by atoms with Gasteiger partial charge in [0.1, 0.15) is 0 Å². The van der Waals surface area contributed by atoms with Gasteiger partial charge in [-0.2, -0.15) is 13.2 Å². The number of carbonyl (C=O) groups excluding carboxylic acids is 1. The quantitative estimate of drug-likeness (QED) is 0.490. The van der Waals surface area contributed by atoms with E-state index in [2.05, 4.69) is 15.3 Å². The molecule has 4 rings (SSSR count). The molecule has 1 N–H and O–H groups in total. The molecule has 2 aromatic carbocycles. The lowest BCUT2D eigenvalue weighted by Gasteiger charge is -2.07. The Labute approximate surface area is 153 Å². The molecule has 0 aliphatic carbocycles. The molecule has 0 saturated heterocycles. The Morgan fingerprint density at radius 2 is 1.58 bits per heavy atom. The summed E-state index contributed by atoms with van der Waals surface area (Å²) >= 11 is 2.87. The van der Waals surface area contributed by atoms with Gasteiger partial charge in [-0.3, -0.25) is 10.1 Å². The molecule has 0 atom stereocenters. The standard InChI is InChI=1S/C17H10F3N3OS2/c1-8-21-11-6-7-12-14(13(11)25-8)26-16(22-12)23-15(24)9-2-4-10(5-3-9)17(18,19)20/h2-7H,1H3,(H,22,23,24). The van der Waals surface area contributed by atoms with E-state index in [9.17, 15) is 18.0 Å². The smallest absolute Gasteiger partial charge is 0.298 e. The third-order valence-corrected chi connectivity index (χ3v) is 5.85. The molecular formula is C17H10F3N3OS2. The van der Waals surface area contributed by atoms with Gasteiger partial charge in [0, 0.05) is 5.56 Å². The van der Waals surface area contributed by atoms with Crippen molar-refractivity contribution in [2.24, 2.45) is 0 Å². The molecule has 4 aromatic rings. The van der Waals surface area contributed by atoms with Crippen molar-refractivity contribution >= 4 is 54.1 Å². The average molecular weight is 393 g/mol. The largest absolute Gasteiger partial charge is 0.416 e. The van der Waals surface area contributed by atoms with Gasteiger partial charge < -0.3 is 0 Å². The Morgan fingerprint density at radius 1 is 0.962 bits per heavy atom. The fourth-order valence-corrected chi connectivity index (χ4v) is 4.52. The van der Waals surface area contributed by atoms with Gasteiger partial charge in [-0.1, -0.05) is 11.3 Å². The van der Waals surface area contributed by atoms with Crippen LogP contribution in [-0.4, -0.2) is 15.9 Å². The fourth-order valence-electron chi connectivity index (χ4n) is 2.52. The maximum absolute atomic E-state index is 12.6. The van der Waals surface area contributed by atoms with E-state index in [4.69, 9.17) is 0 Å². The van der Waals surface area contributed by atoms with Gasteiger partial charge in [0.05, 0.1) is 31.0 Å². The Hall–Kier alpha value is -2.52. The van der Waals surface area contributed by atoms with Crippen molar-refractivity contribution in [1.82, 2.24) is 9.97 Å². The number of nitrogens with one attached hydrogen (secondary N) is 1. The normalized spacial score (nSPS) is 12.0. The second-order valence-corrected chi connectivity index (χ2v) is 7.75. The molecule has 0 radical (unpaired) electrons. The molecule has 0 spiro atoms. The highest BCUT2D eigenvalue weighted by Gasteiger charge is 2.30. The lowest BCUT2D eigenvalue weighted by atomic mass is 10.1. The predicted octanol–water partition coefficient (Wildman–Crippen LogP) is 5.49. The summed E-state index contributed by atoms with van der Waals surface area (Å²) in [4.78, 5) is 21.1. The third-order valence-electron chi connectivity index (χ3n) is 3.71. The summed E-state index contributed by atoms with van der Waals surface area (Å²) in [5.41, 5.74) is 0.964. The van der Waals surface area contributed by atoms with Crippen molar-refractivity contribution in [3.05, 3.63) is 52.5 Å². The molecule has 1 amide bonds. The minimum absolute atomic E-state index is 0.135. The summed E-state index contributed by atoms with van der Waals surface area (Å²) in [6.45, 7) is 1.92. The van der Waals surface area contributed by atoms with Gasteiger partial charge in [-0.05, 0) is 43.3 Å². The number of fused-ring (bicyclic) bond motifs is 3. The maximum Gasteiger partial charge on any atom is 0.416 e. The van der Waals surface area contributed by atoms with Gasteiger partial charge in [-0.25, -0.2) is 9.97 Å². The van der Waals surface area contributed by atoms with Crippen LogP contribution < -0.4 is 5.32 Å². The molecule has 4 nitrogen and oxygen atoms in total. The molecule has 0 saturated carbocycles. The van der Waals surface area contributed by atoms with Crippen LogP contribution in [0.5, 0.6) is 0 Å². The lowest BCUT2D eigenvalue weighted by Crippen LogP contribution is -2.12. The number of amides is 1. The van der Waals surface area contributed by atoms with E-state index < -0.39 is 17.6 Å². The van der Waals surface area contributed by atoms with Crippen LogP contribution in [0.25, 0.3) is 20.4 Å². The van der Waals surface area contributed by atoms with E-state index in [0.717, 1.165) is 49.7 Å². The summed E-state index contributed by atoms with van der Waals surface area (Å²) in [7, 11) is 0. The second kappa shape index (κ2) is 6.03. The van der Waals surface area contributed by atoms with Crippen molar-refractivity contribution in [2.75, 3.05) is 5.32 Å². The van der Waals surface area contributed by atoms with Gasteiger partial charge in [0.2, 0.25) is 0 Å². The highest BCUT2D eigenvalue weighted by Crippen LogP contribution is 2.36. The summed E-state index contributed by atoms with van der Waals surface area (Å²) in [5, 5.41) is 3.98. The molecule has 0 unspecified atom stereocenters. The number of thiazole rings is 2. The molecule has 0 aliphatic heterocycles. The van der Waals surface area contributed by atoms with E-state index in [1.54, 1.807) is 11.3 Å². The number of anilines is 1. The Kier molecular flexibility index (Phi) is 3.92. The van der Waals surface area contributed by atoms with Crippen LogP contribution in [0, 0.1) is 6.92 Å². The van der Waals surface area contributed by atoms with E-state index >= 15 is 0 Å². The molecule has 9 heteroatoms. The zero-order valence-corrected chi connectivity index (χ0v) is 14.9. The molecular weight excluding hydrogens is 383 g/mol.